The second-order valence-corrected chi connectivity index (χ2v) is 10.0. The molecule has 0 aliphatic heterocycles. The summed E-state index contributed by atoms with van der Waals surface area (Å²) in [5, 5.41) is 5.26. The van der Waals surface area contributed by atoms with Crippen molar-refractivity contribution in [3.63, 3.8) is 0 Å². The van der Waals surface area contributed by atoms with Crippen molar-refractivity contribution >= 4 is 22.9 Å². The Bertz CT molecular complexity index is 1400. The average Bonchev–Trinajstić information content (AvgIpc) is 3.35. The smallest absolute Gasteiger partial charge is 0.416 e. The molecule has 0 saturated heterocycles. The van der Waals surface area contributed by atoms with E-state index in [9.17, 15) is 18.0 Å². The van der Waals surface area contributed by atoms with Crippen LogP contribution in [0.15, 0.2) is 72.1 Å². The Balaban J connectivity index is 1.52. The minimum Gasteiger partial charge on any atom is -0.497 e. The van der Waals surface area contributed by atoms with Crippen LogP contribution in [0.2, 0.25) is 0 Å². The third kappa shape index (κ3) is 7.20. The summed E-state index contributed by atoms with van der Waals surface area (Å²) in [5.41, 5.74) is 4.03. The summed E-state index contributed by atoms with van der Waals surface area (Å²) in [6, 6.07) is 18.6. The van der Waals surface area contributed by atoms with E-state index in [0.29, 0.717) is 35.0 Å². The van der Waals surface area contributed by atoms with E-state index in [4.69, 9.17) is 4.74 Å². The number of amides is 1. The van der Waals surface area contributed by atoms with E-state index < -0.39 is 11.7 Å². The van der Waals surface area contributed by atoms with E-state index in [0.717, 1.165) is 28.5 Å². The number of thiazole rings is 1. The lowest BCUT2D eigenvalue weighted by Gasteiger charge is -2.22. The number of rotatable bonds is 9. The molecule has 4 rings (SSSR count). The molecule has 1 heterocycles. The van der Waals surface area contributed by atoms with Crippen molar-refractivity contribution in [3.05, 3.63) is 111 Å². The molecule has 38 heavy (non-hydrogen) atoms. The summed E-state index contributed by atoms with van der Waals surface area (Å²) >= 11 is 1.34. The van der Waals surface area contributed by atoms with Crippen molar-refractivity contribution in [1.29, 1.82) is 0 Å². The van der Waals surface area contributed by atoms with Gasteiger partial charge in [0.2, 0.25) is 0 Å². The standard InChI is InChI=1S/C29H28F3N3O2S/c1-19-7-10-24(13-20(19)2)33-28(36)26-18-38-27(34-26)17-35(15-21-8-11-25(37-3)12-9-21)16-22-5-4-6-23(14-22)29(30,31)32/h4-14,18H,15-17H2,1-3H3,(H,33,36). The molecule has 0 spiro atoms. The molecular weight excluding hydrogens is 511 g/mol. The van der Waals surface area contributed by atoms with Gasteiger partial charge in [-0.15, -0.1) is 11.3 Å². The maximum Gasteiger partial charge on any atom is 0.416 e. The number of hydrogen-bond acceptors (Lipinski definition) is 5. The Hall–Kier alpha value is -3.69. The molecule has 0 fully saturated rings. The third-order valence-corrected chi connectivity index (χ3v) is 6.97. The van der Waals surface area contributed by atoms with Gasteiger partial charge in [-0.25, -0.2) is 4.98 Å². The Morgan fingerprint density at radius 1 is 0.947 bits per heavy atom. The number of methoxy groups -OCH3 is 1. The van der Waals surface area contributed by atoms with Crippen molar-refractivity contribution in [1.82, 2.24) is 9.88 Å². The highest BCUT2D eigenvalue weighted by atomic mass is 32.1. The fraction of sp³-hybridized carbons (Fsp3) is 0.241. The lowest BCUT2D eigenvalue weighted by molar-refractivity contribution is -0.137. The molecule has 198 valence electrons. The molecule has 0 aliphatic carbocycles. The van der Waals surface area contributed by atoms with Gasteiger partial charge in [0.05, 0.1) is 19.2 Å². The lowest BCUT2D eigenvalue weighted by Crippen LogP contribution is -2.23. The molecule has 1 amide bonds. The molecule has 9 heteroatoms. The van der Waals surface area contributed by atoms with Crippen LogP contribution < -0.4 is 10.1 Å². The van der Waals surface area contributed by atoms with E-state index in [1.165, 1.54) is 23.5 Å². The second kappa shape index (κ2) is 11.8. The number of carbonyl (C=O) groups excluding carboxylic acids is 1. The van der Waals surface area contributed by atoms with Crippen LogP contribution in [0.25, 0.3) is 0 Å². The number of aromatic nitrogens is 1. The Kier molecular flexibility index (Phi) is 8.48. The zero-order chi connectivity index (χ0) is 27.3. The Morgan fingerprint density at radius 3 is 2.37 bits per heavy atom. The summed E-state index contributed by atoms with van der Waals surface area (Å²) < 4.78 is 45.0. The van der Waals surface area contributed by atoms with Gasteiger partial charge in [-0.3, -0.25) is 9.69 Å². The van der Waals surface area contributed by atoms with Crippen LogP contribution in [0.1, 0.15) is 43.3 Å². The molecule has 5 nitrogen and oxygen atoms in total. The molecule has 0 bridgehead atoms. The van der Waals surface area contributed by atoms with Gasteiger partial charge in [0.25, 0.3) is 5.91 Å². The first kappa shape index (κ1) is 27.3. The molecule has 4 aromatic rings. The molecule has 0 unspecified atom stereocenters. The first-order valence-corrected chi connectivity index (χ1v) is 12.8. The summed E-state index contributed by atoms with van der Waals surface area (Å²) in [6.07, 6.45) is -4.41. The largest absolute Gasteiger partial charge is 0.497 e. The summed E-state index contributed by atoms with van der Waals surface area (Å²) in [5.74, 6) is 0.410. The fourth-order valence-corrected chi connectivity index (χ4v) is 4.77. The zero-order valence-electron chi connectivity index (χ0n) is 21.3. The number of aryl methyl sites for hydroxylation is 2. The zero-order valence-corrected chi connectivity index (χ0v) is 22.1. The number of nitrogens with zero attached hydrogens (tertiary/aromatic N) is 2. The third-order valence-electron chi connectivity index (χ3n) is 6.13. The number of anilines is 1. The normalized spacial score (nSPS) is 11.6. The van der Waals surface area contributed by atoms with Gasteiger partial charge in [0, 0.05) is 24.2 Å². The first-order valence-electron chi connectivity index (χ1n) is 11.9. The van der Waals surface area contributed by atoms with E-state index in [-0.39, 0.29) is 12.5 Å². The number of carbonyl (C=O) groups is 1. The first-order chi connectivity index (χ1) is 18.1. The van der Waals surface area contributed by atoms with Gasteiger partial charge in [-0.05, 0) is 66.4 Å². The molecule has 0 atom stereocenters. The van der Waals surface area contributed by atoms with Crippen LogP contribution in [0, 0.1) is 13.8 Å². The van der Waals surface area contributed by atoms with Gasteiger partial charge in [0.1, 0.15) is 16.5 Å². The highest BCUT2D eigenvalue weighted by Crippen LogP contribution is 2.30. The van der Waals surface area contributed by atoms with Gasteiger partial charge in [0.15, 0.2) is 0 Å². The molecular formula is C29H28F3N3O2S. The second-order valence-electron chi connectivity index (χ2n) is 9.07. The predicted octanol–water partition coefficient (Wildman–Crippen LogP) is 7.24. The molecule has 1 N–H and O–H groups in total. The highest BCUT2D eigenvalue weighted by Gasteiger charge is 2.30. The number of benzene rings is 3. The van der Waals surface area contributed by atoms with Crippen LogP contribution in [-0.2, 0) is 25.8 Å². The van der Waals surface area contributed by atoms with Crippen LogP contribution in [0.4, 0.5) is 18.9 Å². The number of hydrogen-bond donors (Lipinski definition) is 1. The molecule has 1 aromatic heterocycles. The molecule has 0 radical (unpaired) electrons. The highest BCUT2D eigenvalue weighted by molar-refractivity contribution is 7.09. The quantitative estimate of drug-likeness (QED) is 0.244. The average molecular weight is 540 g/mol. The topological polar surface area (TPSA) is 54.5 Å². The minimum absolute atomic E-state index is 0.277. The number of alkyl halides is 3. The maximum absolute atomic E-state index is 13.3. The predicted molar refractivity (Wildman–Crippen MR) is 143 cm³/mol. The van der Waals surface area contributed by atoms with E-state index in [2.05, 4.69) is 10.3 Å². The number of nitrogens with one attached hydrogen (secondary N) is 1. The Morgan fingerprint density at radius 2 is 1.68 bits per heavy atom. The van der Waals surface area contributed by atoms with Gasteiger partial charge >= 0.3 is 6.18 Å². The van der Waals surface area contributed by atoms with Crippen LogP contribution >= 0.6 is 11.3 Å². The summed E-state index contributed by atoms with van der Waals surface area (Å²) in [7, 11) is 1.59. The lowest BCUT2D eigenvalue weighted by atomic mass is 10.1. The van der Waals surface area contributed by atoms with Gasteiger partial charge in [-0.1, -0.05) is 36.4 Å². The van der Waals surface area contributed by atoms with Crippen molar-refractivity contribution in [3.8, 4) is 5.75 Å². The maximum atomic E-state index is 13.3. The van der Waals surface area contributed by atoms with E-state index >= 15 is 0 Å². The molecule has 3 aromatic carbocycles. The SMILES string of the molecule is COc1ccc(CN(Cc2cccc(C(F)(F)F)c2)Cc2nc(C(=O)Nc3ccc(C)c(C)c3)cs2)cc1. The van der Waals surface area contributed by atoms with Crippen molar-refractivity contribution in [2.24, 2.45) is 0 Å². The molecule has 0 saturated carbocycles. The summed E-state index contributed by atoms with van der Waals surface area (Å²) in [4.78, 5) is 19.3. The van der Waals surface area contributed by atoms with Crippen LogP contribution in [-0.4, -0.2) is 22.9 Å². The van der Waals surface area contributed by atoms with Gasteiger partial charge in [-0.2, -0.15) is 13.2 Å². The van der Waals surface area contributed by atoms with Crippen molar-refractivity contribution in [2.75, 3.05) is 12.4 Å². The van der Waals surface area contributed by atoms with Crippen LogP contribution in [0.5, 0.6) is 5.75 Å². The van der Waals surface area contributed by atoms with Crippen molar-refractivity contribution in [2.45, 2.75) is 39.7 Å². The number of ether oxygens (including phenoxy) is 1. The molecule has 0 aliphatic rings. The number of halogens is 3. The van der Waals surface area contributed by atoms with Gasteiger partial charge < -0.3 is 10.1 Å². The Labute approximate surface area is 223 Å². The van der Waals surface area contributed by atoms with E-state index in [1.807, 2.05) is 61.2 Å². The van der Waals surface area contributed by atoms with Crippen molar-refractivity contribution < 1.29 is 22.7 Å². The minimum atomic E-state index is -4.41. The monoisotopic (exact) mass is 539 g/mol. The van der Waals surface area contributed by atoms with E-state index in [1.54, 1.807) is 18.6 Å². The summed E-state index contributed by atoms with van der Waals surface area (Å²) in [6.45, 7) is 5.10. The fourth-order valence-electron chi connectivity index (χ4n) is 3.95. The van der Waals surface area contributed by atoms with Crippen LogP contribution in [0.3, 0.4) is 0 Å².